The molecule has 1 fully saturated rings. The van der Waals surface area contributed by atoms with E-state index in [1.165, 1.54) is 20.5 Å². The second kappa shape index (κ2) is 5.36. The van der Waals surface area contributed by atoms with Gasteiger partial charge in [-0.25, -0.2) is 0 Å². The summed E-state index contributed by atoms with van der Waals surface area (Å²) in [4.78, 5) is 3.89. The molecule has 0 bridgehead atoms. The normalized spacial score (nSPS) is 17.4. The van der Waals surface area contributed by atoms with Crippen LogP contribution in [0.25, 0.3) is 10.1 Å². The van der Waals surface area contributed by atoms with Crippen LogP contribution in [0.1, 0.15) is 10.4 Å². The number of nitrogens with zero attached hydrogens (tertiary/aromatic N) is 1. The minimum absolute atomic E-state index is 0.616. The van der Waals surface area contributed by atoms with Crippen LogP contribution < -0.4 is 5.73 Å². The Kier molecular flexibility index (Phi) is 3.61. The van der Waals surface area contributed by atoms with Crippen LogP contribution in [0.5, 0.6) is 0 Å². The lowest BCUT2D eigenvalue weighted by Crippen LogP contribution is -2.35. The molecule has 0 atom stereocenters. The highest BCUT2D eigenvalue weighted by Crippen LogP contribution is 2.27. The van der Waals surface area contributed by atoms with Crippen molar-refractivity contribution in [2.75, 3.05) is 26.3 Å². The maximum Gasteiger partial charge on any atom is 0.0594 e. The lowest BCUT2D eigenvalue weighted by Gasteiger charge is -2.25. The molecule has 1 aromatic heterocycles. The first kappa shape index (κ1) is 12.1. The van der Waals surface area contributed by atoms with Gasteiger partial charge in [-0.05, 0) is 29.1 Å². The first-order valence-corrected chi connectivity index (χ1v) is 7.18. The average Bonchev–Trinajstić information content (AvgIpc) is 2.80. The molecule has 0 saturated carbocycles. The maximum atomic E-state index is 5.68. The highest BCUT2D eigenvalue weighted by atomic mass is 32.1. The van der Waals surface area contributed by atoms with Gasteiger partial charge in [0.15, 0.2) is 0 Å². The van der Waals surface area contributed by atoms with E-state index in [4.69, 9.17) is 10.5 Å². The summed E-state index contributed by atoms with van der Waals surface area (Å²) in [5.74, 6) is 0. The molecule has 1 aromatic carbocycles. The number of ether oxygens (including phenoxy) is 1. The number of hydrogen-bond acceptors (Lipinski definition) is 4. The van der Waals surface area contributed by atoms with E-state index in [2.05, 4.69) is 29.2 Å². The summed E-state index contributed by atoms with van der Waals surface area (Å²) in [6.45, 7) is 5.47. The summed E-state index contributed by atoms with van der Waals surface area (Å²) < 4.78 is 6.73. The fourth-order valence-electron chi connectivity index (χ4n) is 2.33. The van der Waals surface area contributed by atoms with E-state index in [9.17, 15) is 0 Å². The van der Waals surface area contributed by atoms with E-state index >= 15 is 0 Å². The van der Waals surface area contributed by atoms with Gasteiger partial charge in [-0.15, -0.1) is 11.3 Å². The summed E-state index contributed by atoms with van der Waals surface area (Å²) in [6.07, 6.45) is 0. The molecule has 2 heterocycles. The second-order valence-electron chi connectivity index (χ2n) is 4.68. The summed E-state index contributed by atoms with van der Waals surface area (Å²) in [7, 11) is 0. The second-order valence-corrected chi connectivity index (χ2v) is 5.85. The SMILES string of the molecule is NCc1ccc2sc(CN3CCOCC3)cc2c1. The highest BCUT2D eigenvalue weighted by molar-refractivity contribution is 7.19. The Balaban J connectivity index is 1.79. The van der Waals surface area contributed by atoms with Crippen LogP contribution in [0, 0.1) is 0 Å². The van der Waals surface area contributed by atoms with Crippen molar-refractivity contribution in [1.82, 2.24) is 4.90 Å². The van der Waals surface area contributed by atoms with Crippen LogP contribution in [0.2, 0.25) is 0 Å². The van der Waals surface area contributed by atoms with Crippen LogP contribution in [-0.4, -0.2) is 31.2 Å². The van der Waals surface area contributed by atoms with Gasteiger partial charge in [-0.3, -0.25) is 4.90 Å². The Hall–Kier alpha value is -0.940. The van der Waals surface area contributed by atoms with Crippen molar-refractivity contribution in [1.29, 1.82) is 0 Å². The molecule has 1 aliphatic heterocycles. The van der Waals surface area contributed by atoms with Crippen molar-refractivity contribution >= 4 is 21.4 Å². The molecule has 4 heteroatoms. The standard InChI is InChI=1S/C14H18N2OS/c15-9-11-1-2-14-12(7-11)8-13(18-14)10-16-3-5-17-6-4-16/h1-2,7-8H,3-6,9-10,15H2. The molecule has 3 rings (SSSR count). The molecule has 0 radical (unpaired) electrons. The van der Waals surface area contributed by atoms with Crippen LogP contribution in [-0.2, 0) is 17.8 Å². The van der Waals surface area contributed by atoms with Gasteiger partial charge in [-0.1, -0.05) is 6.07 Å². The zero-order valence-corrected chi connectivity index (χ0v) is 11.2. The van der Waals surface area contributed by atoms with Crippen molar-refractivity contribution < 1.29 is 4.74 Å². The average molecular weight is 262 g/mol. The molecule has 0 aliphatic carbocycles. The number of benzene rings is 1. The third kappa shape index (κ3) is 2.57. The summed E-state index contributed by atoms with van der Waals surface area (Å²) in [5, 5.41) is 1.33. The lowest BCUT2D eigenvalue weighted by atomic mass is 10.1. The van der Waals surface area contributed by atoms with E-state index in [0.29, 0.717) is 6.54 Å². The minimum Gasteiger partial charge on any atom is -0.379 e. The molecular formula is C14H18N2OS. The largest absolute Gasteiger partial charge is 0.379 e. The molecule has 2 aromatic rings. The van der Waals surface area contributed by atoms with E-state index in [0.717, 1.165) is 32.8 Å². The molecule has 0 spiro atoms. The van der Waals surface area contributed by atoms with Crippen molar-refractivity contribution in [3.8, 4) is 0 Å². The number of thiophene rings is 1. The van der Waals surface area contributed by atoms with Gasteiger partial charge >= 0.3 is 0 Å². The van der Waals surface area contributed by atoms with Crippen molar-refractivity contribution in [3.63, 3.8) is 0 Å². The molecule has 1 aliphatic rings. The van der Waals surface area contributed by atoms with Crippen LogP contribution in [0.15, 0.2) is 24.3 Å². The molecule has 3 nitrogen and oxygen atoms in total. The minimum atomic E-state index is 0.616. The van der Waals surface area contributed by atoms with Crippen LogP contribution in [0.3, 0.4) is 0 Å². The summed E-state index contributed by atoms with van der Waals surface area (Å²) in [5.41, 5.74) is 6.89. The number of rotatable bonds is 3. The maximum absolute atomic E-state index is 5.68. The van der Waals surface area contributed by atoms with Crippen molar-refractivity contribution in [2.24, 2.45) is 5.73 Å². The molecule has 0 amide bonds. The Labute approximate surface area is 111 Å². The predicted octanol–water partition coefficient (Wildman–Crippen LogP) is 2.19. The first-order valence-electron chi connectivity index (χ1n) is 6.37. The van der Waals surface area contributed by atoms with Gasteiger partial charge in [0.2, 0.25) is 0 Å². The monoisotopic (exact) mass is 262 g/mol. The lowest BCUT2D eigenvalue weighted by molar-refractivity contribution is 0.0346. The van der Waals surface area contributed by atoms with E-state index in [1.807, 2.05) is 11.3 Å². The van der Waals surface area contributed by atoms with Gasteiger partial charge in [0.25, 0.3) is 0 Å². The third-order valence-corrected chi connectivity index (χ3v) is 4.45. The molecule has 18 heavy (non-hydrogen) atoms. The van der Waals surface area contributed by atoms with E-state index in [1.54, 1.807) is 0 Å². The van der Waals surface area contributed by atoms with Crippen LogP contribution >= 0.6 is 11.3 Å². The first-order chi connectivity index (χ1) is 8.85. The third-order valence-electron chi connectivity index (χ3n) is 3.35. The molecule has 2 N–H and O–H groups in total. The summed E-state index contributed by atoms with van der Waals surface area (Å²) >= 11 is 1.89. The van der Waals surface area contributed by atoms with Gasteiger partial charge < -0.3 is 10.5 Å². The van der Waals surface area contributed by atoms with Gasteiger partial charge in [0, 0.05) is 35.8 Å². The molecule has 0 unspecified atom stereocenters. The number of nitrogens with two attached hydrogens (primary N) is 1. The molecule has 96 valence electrons. The fourth-order valence-corrected chi connectivity index (χ4v) is 3.42. The summed E-state index contributed by atoms with van der Waals surface area (Å²) in [6, 6.07) is 8.81. The quantitative estimate of drug-likeness (QED) is 0.921. The zero-order valence-electron chi connectivity index (χ0n) is 10.4. The van der Waals surface area contributed by atoms with Gasteiger partial charge in [-0.2, -0.15) is 0 Å². The van der Waals surface area contributed by atoms with Crippen molar-refractivity contribution in [2.45, 2.75) is 13.1 Å². The van der Waals surface area contributed by atoms with E-state index < -0.39 is 0 Å². The van der Waals surface area contributed by atoms with Crippen LogP contribution in [0.4, 0.5) is 0 Å². The van der Waals surface area contributed by atoms with Crippen molar-refractivity contribution in [3.05, 3.63) is 34.7 Å². The number of hydrogen-bond donors (Lipinski definition) is 1. The Bertz CT molecular complexity index is 532. The fraction of sp³-hybridized carbons (Fsp3) is 0.429. The highest BCUT2D eigenvalue weighted by Gasteiger charge is 2.12. The van der Waals surface area contributed by atoms with Gasteiger partial charge in [0.05, 0.1) is 13.2 Å². The topological polar surface area (TPSA) is 38.5 Å². The Morgan fingerprint density at radius 2 is 2.06 bits per heavy atom. The Morgan fingerprint density at radius 1 is 1.22 bits per heavy atom. The van der Waals surface area contributed by atoms with Gasteiger partial charge in [0.1, 0.15) is 0 Å². The predicted molar refractivity (Wildman–Crippen MR) is 75.8 cm³/mol. The number of morpholine rings is 1. The smallest absolute Gasteiger partial charge is 0.0594 e. The molecule has 1 saturated heterocycles. The number of fused-ring (bicyclic) bond motifs is 1. The van der Waals surface area contributed by atoms with E-state index in [-0.39, 0.29) is 0 Å². The molecular weight excluding hydrogens is 244 g/mol. The Morgan fingerprint density at radius 3 is 2.83 bits per heavy atom. The zero-order chi connectivity index (χ0) is 12.4.